The van der Waals surface area contributed by atoms with Crippen molar-refractivity contribution in [2.75, 3.05) is 0 Å². The van der Waals surface area contributed by atoms with E-state index in [4.69, 9.17) is 10.3 Å². The highest BCUT2D eigenvalue weighted by molar-refractivity contribution is 7.09. The standard InChI is InChI=1S/C14H20N4OS/c1-9-16-10(8-20-9)7-12-17-13(19-18-12)14(2)6-4-3-5-11(14)15/h8,11H,3-7,15H2,1-2H3. The van der Waals surface area contributed by atoms with Crippen LogP contribution < -0.4 is 5.73 Å². The minimum absolute atomic E-state index is 0.103. The molecule has 0 saturated heterocycles. The molecule has 0 spiro atoms. The molecule has 1 aliphatic rings. The van der Waals surface area contributed by atoms with Gasteiger partial charge in [0, 0.05) is 11.4 Å². The predicted octanol–water partition coefficient (Wildman–Crippen LogP) is 2.58. The number of aryl methyl sites for hydroxylation is 1. The molecule has 0 radical (unpaired) electrons. The van der Waals surface area contributed by atoms with Crippen LogP contribution in [-0.4, -0.2) is 21.2 Å². The first-order chi connectivity index (χ1) is 9.58. The van der Waals surface area contributed by atoms with Crippen LogP contribution in [0.3, 0.4) is 0 Å². The van der Waals surface area contributed by atoms with Crippen LogP contribution in [0.1, 0.15) is 55.0 Å². The molecule has 0 bridgehead atoms. The Morgan fingerprint density at radius 1 is 1.45 bits per heavy atom. The molecule has 0 amide bonds. The van der Waals surface area contributed by atoms with E-state index in [1.165, 1.54) is 12.8 Å². The first kappa shape index (κ1) is 13.7. The summed E-state index contributed by atoms with van der Waals surface area (Å²) in [5, 5.41) is 7.20. The Kier molecular flexibility index (Phi) is 3.60. The van der Waals surface area contributed by atoms with Crippen molar-refractivity contribution in [2.24, 2.45) is 5.73 Å². The van der Waals surface area contributed by atoms with Crippen LogP contribution in [0.5, 0.6) is 0 Å². The summed E-state index contributed by atoms with van der Waals surface area (Å²) in [4.78, 5) is 9.00. The van der Waals surface area contributed by atoms with E-state index in [2.05, 4.69) is 22.0 Å². The first-order valence-electron chi connectivity index (χ1n) is 7.07. The van der Waals surface area contributed by atoms with Crippen molar-refractivity contribution in [3.05, 3.63) is 27.8 Å². The van der Waals surface area contributed by atoms with E-state index in [9.17, 15) is 0 Å². The Morgan fingerprint density at radius 2 is 2.30 bits per heavy atom. The fourth-order valence-electron chi connectivity index (χ4n) is 2.84. The summed E-state index contributed by atoms with van der Waals surface area (Å²) in [6.07, 6.45) is 5.04. The van der Waals surface area contributed by atoms with Gasteiger partial charge in [-0.3, -0.25) is 0 Å². The monoisotopic (exact) mass is 292 g/mol. The van der Waals surface area contributed by atoms with E-state index in [1.807, 2.05) is 12.3 Å². The van der Waals surface area contributed by atoms with Gasteiger partial charge in [0.05, 0.1) is 22.5 Å². The quantitative estimate of drug-likeness (QED) is 0.940. The van der Waals surface area contributed by atoms with E-state index in [0.717, 1.165) is 23.5 Å². The highest BCUT2D eigenvalue weighted by Crippen LogP contribution is 2.37. The van der Waals surface area contributed by atoms with Crippen LogP contribution >= 0.6 is 11.3 Å². The summed E-state index contributed by atoms with van der Waals surface area (Å²) in [5.41, 5.74) is 7.09. The second-order valence-corrected chi connectivity index (χ2v) is 6.88. The minimum Gasteiger partial charge on any atom is -0.339 e. The van der Waals surface area contributed by atoms with E-state index >= 15 is 0 Å². The van der Waals surface area contributed by atoms with E-state index in [1.54, 1.807) is 11.3 Å². The summed E-state index contributed by atoms with van der Waals surface area (Å²) in [6.45, 7) is 4.14. The molecule has 2 aromatic heterocycles. The summed E-state index contributed by atoms with van der Waals surface area (Å²) < 4.78 is 5.49. The molecule has 6 heteroatoms. The van der Waals surface area contributed by atoms with Crippen LogP contribution in [0.15, 0.2) is 9.90 Å². The van der Waals surface area contributed by atoms with Crippen LogP contribution in [0.25, 0.3) is 0 Å². The van der Waals surface area contributed by atoms with Gasteiger partial charge >= 0.3 is 0 Å². The maximum absolute atomic E-state index is 6.27. The molecular weight excluding hydrogens is 272 g/mol. The molecule has 2 atom stereocenters. The Labute approximate surface area is 122 Å². The van der Waals surface area contributed by atoms with E-state index in [0.29, 0.717) is 18.1 Å². The number of thiazole rings is 1. The lowest BCUT2D eigenvalue weighted by Crippen LogP contribution is -2.45. The zero-order chi connectivity index (χ0) is 14.2. The first-order valence-corrected chi connectivity index (χ1v) is 7.95. The van der Waals surface area contributed by atoms with Gasteiger partial charge in [-0.2, -0.15) is 4.98 Å². The Hall–Kier alpha value is -1.27. The number of nitrogens with two attached hydrogens (primary N) is 1. The third kappa shape index (κ3) is 2.50. The van der Waals surface area contributed by atoms with Gasteiger partial charge in [0.2, 0.25) is 5.89 Å². The lowest BCUT2D eigenvalue weighted by molar-refractivity contribution is 0.203. The summed E-state index contributed by atoms with van der Waals surface area (Å²) >= 11 is 1.64. The molecule has 20 heavy (non-hydrogen) atoms. The van der Waals surface area contributed by atoms with Crippen molar-refractivity contribution in [3.63, 3.8) is 0 Å². The van der Waals surface area contributed by atoms with Crippen LogP contribution in [0, 0.1) is 6.92 Å². The molecule has 1 aliphatic carbocycles. The molecular formula is C14H20N4OS. The number of hydrogen-bond acceptors (Lipinski definition) is 6. The maximum Gasteiger partial charge on any atom is 0.234 e. The molecule has 0 aliphatic heterocycles. The van der Waals surface area contributed by atoms with Crippen molar-refractivity contribution in [2.45, 2.75) is 57.4 Å². The topological polar surface area (TPSA) is 77.8 Å². The zero-order valence-corrected chi connectivity index (χ0v) is 12.7. The number of aromatic nitrogens is 3. The normalized spacial score (nSPS) is 26.9. The SMILES string of the molecule is Cc1nc(Cc2noc(C3(C)CCCCC3N)n2)cs1. The summed E-state index contributed by atoms with van der Waals surface area (Å²) in [7, 11) is 0. The highest BCUT2D eigenvalue weighted by Gasteiger charge is 2.40. The maximum atomic E-state index is 6.27. The predicted molar refractivity (Wildman–Crippen MR) is 77.8 cm³/mol. The van der Waals surface area contributed by atoms with Crippen LogP contribution in [-0.2, 0) is 11.8 Å². The van der Waals surface area contributed by atoms with Crippen molar-refractivity contribution in [1.82, 2.24) is 15.1 Å². The van der Waals surface area contributed by atoms with Crippen molar-refractivity contribution < 1.29 is 4.52 Å². The van der Waals surface area contributed by atoms with Gasteiger partial charge in [0.15, 0.2) is 5.82 Å². The van der Waals surface area contributed by atoms with Crippen molar-refractivity contribution in [1.29, 1.82) is 0 Å². The fourth-order valence-corrected chi connectivity index (χ4v) is 3.45. The molecule has 108 valence electrons. The van der Waals surface area contributed by atoms with Gasteiger partial charge in [0.1, 0.15) is 0 Å². The summed E-state index contributed by atoms with van der Waals surface area (Å²) in [5.74, 6) is 1.39. The molecule has 2 unspecified atom stereocenters. The van der Waals surface area contributed by atoms with Gasteiger partial charge in [-0.1, -0.05) is 18.0 Å². The molecule has 1 saturated carbocycles. The molecule has 1 fully saturated rings. The fraction of sp³-hybridized carbons (Fsp3) is 0.643. The lowest BCUT2D eigenvalue weighted by atomic mass is 9.72. The molecule has 0 aromatic carbocycles. The Balaban J connectivity index is 1.79. The van der Waals surface area contributed by atoms with Gasteiger partial charge in [-0.15, -0.1) is 11.3 Å². The Morgan fingerprint density at radius 3 is 3.00 bits per heavy atom. The third-order valence-electron chi connectivity index (χ3n) is 4.24. The smallest absolute Gasteiger partial charge is 0.234 e. The molecule has 5 nitrogen and oxygen atoms in total. The summed E-state index contributed by atoms with van der Waals surface area (Å²) in [6, 6.07) is 0.103. The van der Waals surface area contributed by atoms with E-state index < -0.39 is 0 Å². The van der Waals surface area contributed by atoms with Gasteiger partial charge in [-0.25, -0.2) is 4.98 Å². The van der Waals surface area contributed by atoms with Crippen molar-refractivity contribution in [3.8, 4) is 0 Å². The average molecular weight is 292 g/mol. The second kappa shape index (κ2) is 5.26. The van der Waals surface area contributed by atoms with E-state index in [-0.39, 0.29) is 11.5 Å². The van der Waals surface area contributed by atoms with Crippen LogP contribution in [0.2, 0.25) is 0 Å². The van der Waals surface area contributed by atoms with Crippen molar-refractivity contribution >= 4 is 11.3 Å². The molecule has 3 rings (SSSR count). The lowest BCUT2D eigenvalue weighted by Gasteiger charge is -2.35. The Bertz CT molecular complexity index is 594. The number of nitrogens with zero attached hydrogens (tertiary/aromatic N) is 3. The number of rotatable bonds is 3. The average Bonchev–Trinajstić information content (AvgIpc) is 3.03. The number of hydrogen-bond donors (Lipinski definition) is 1. The van der Waals surface area contributed by atoms with Gasteiger partial charge < -0.3 is 10.3 Å². The highest BCUT2D eigenvalue weighted by atomic mass is 32.1. The van der Waals surface area contributed by atoms with Gasteiger partial charge in [-0.05, 0) is 26.7 Å². The molecule has 2 aromatic rings. The minimum atomic E-state index is -0.179. The molecule has 2 heterocycles. The molecule has 2 N–H and O–H groups in total. The largest absolute Gasteiger partial charge is 0.339 e. The van der Waals surface area contributed by atoms with Gasteiger partial charge in [0.25, 0.3) is 0 Å². The third-order valence-corrected chi connectivity index (χ3v) is 5.06. The zero-order valence-electron chi connectivity index (χ0n) is 11.9. The van der Waals surface area contributed by atoms with Crippen LogP contribution in [0.4, 0.5) is 0 Å². The second-order valence-electron chi connectivity index (χ2n) is 5.82.